The van der Waals surface area contributed by atoms with Gasteiger partial charge >= 0.3 is 0 Å². The van der Waals surface area contributed by atoms with E-state index in [4.69, 9.17) is 10.1 Å². The van der Waals surface area contributed by atoms with Gasteiger partial charge in [0.2, 0.25) is 0 Å². The zero-order chi connectivity index (χ0) is 3.58. The molecule has 0 rings (SSSR count). The minimum atomic E-state index is -0.500. The number of hydrogen-bond acceptors (Lipinski definition) is 2. The monoisotopic (exact) mass is 169 g/mol. The van der Waals surface area contributed by atoms with Gasteiger partial charge in [-0.15, -0.1) is 37.2 Å². The Morgan fingerprint density at radius 2 is 1.29 bits per heavy atom. The molecule has 0 atom stereocenters. The molecule has 6 heteroatoms. The topological polar surface area (TPSA) is 43.1 Å². The molecule has 0 aliphatic rings. The maximum Gasteiger partial charge on any atom is 0.194 e. The molecule has 0 aromatic rings. The molecule has 0 aliphatic heterocycles. The third kappa shape index (κ3) is 1570. The van der Waals surface area contributed by atoms with Crippen LogP contribution in [0.4, 0.5) is 0 Å². The molecule has 0 saturated carbocycles. The van der Waals surface area contributed by atoms with Crippen LogP contribution in [0.3, 0.4) is 0 Å². The zero-order valence-corrected chi connectivity index (χ0v) is 5.94. The van der Waals surface area contributed by atoms with Crippen LogP contribution in [-0.2, 0) is 0 Å². The van der Waals surface area contributed by atoms with E-state index in [1.165, 1.54) is 0 Å². The first-order valence-electron chi connectivity index (χ1n) is 0.812. The van der Waals surface area contributed by atoms with E-state index in [0.29, 0.717) is 0 Å². The Morgan fingerprint density at radius 1 is 1.29 bits per heavy atom. The second-order valence-corrected chi connectivity index (χ2v) is 0.440. The van der Waals surface area contributed by atoms with Gasteiger partial charge in [-0.05, 0) is 0 Å². The van der Waals surface area contributed by atoms with Gasteiger partial charge in [-0.3, -0.25) is 10.1 Å². The molecule has 0 amide bonds. The molecule has 3 nitrogen and oxygen atoms in total. The molecule has 0 aromatic heterocycles. The molecule has 48 valence electrons. The van der Waals surface area contributed by atoms with E-state index in [1.807, 2.05) is 0 Å². The summed E-state index contributed by atoms with van der Waals surface area (Å²) in [5.74, 6) is 0. The standard InChI is InChI=1S/CH3NO2.3ClH/c1-2(3)4;;;/h1H3;3*1H. The van der Waals surface area contributed by atoms with E-state index in [9.17, 15) is 0 Å². The van der Waals surface area contributed by atoms with Crippen molar-refractivity contribution in [2.45, 2.75) is 0 Å². The number of rotatable bonds is 0. The van der Waals surface area contributed by atoms with Crippen LogP contribution < -0.4 is 0 Å². The van der Waals surface area contributed by atoms with E-state index >= 15 is 0 Å². The molecule has 0 aliphatic carbocycles. The Hall–Kier alpha value is 0.270. The Kier molecular flexibility index (Phi) is 62.2. The van der Waals surface area contributed by atoms with Crippen molar-refractivity contribution in [3.05, 3.63) is 10.1 Å². The summed E-state index contributed by atoms with van der Waals surface area (Å²) in [6.07, 6.45) is 0. The lowest BCUT2D eigenvalue weighted by atomic mass is 11.5. The quantitative estimate of drug-likeness (QED) is 0.404. The van der Waals surface area contributed by atoms with Gasteiger partial charge in [0.1, 0.15) is 0 Å². The third-order valence-electron chi connectivity index (χ3n) is 0. The van der Waals surface area contributed by atoms with Crippen LogP contribution in [0.15, 0.2) is 0 Å². The fraction of sp³-hybridized carbons (Fsp3) is 1.00. The maximum absolute atomic E-state index is 8.81. The molecule has 0 spiro atoms. The molecule has 0 radical (unpaired) electrons. The van der Waals surface area contributed by atoms with Crippen molar-refractivity contribution in [2.75, 3.05) is 7.05 Å². The highest BCUT2D eigenvalue weighted by atomic mass is 35.5. The van der Waals surface area contributed by atoms with E-state index in [2.05, 4.69) is 0 Å². The van der Waals surface area contributed by atoms with Gasteiger partial charge in [-0.1, -0.05) is 0 Å². The summed E-state index contributed by atoms with van der Waals surface area (Å²) in [6, 6.07) is 0. The van der Waals surface area contributed by atoms with Gasteiger partial charge in [0.25, 0.3) is 0 Å². The predicted octanol–water partition coefficient (Wildman–Crippen LogP) is 1.16. The lowest BCUT2D eigenvalue weighted by Gasteiger charge is -1.63. The first-order valence-corrected chi connectivity index (χ1v) is 0.812. The minimum absolute atomic E-state index is 0. The SMILES string of the molecule is C[N+](=O)[O-].Cl.Cl.Cl. The number of nitro groups is 1. The summed E-state index contributed by atoms with van der Waals surface area (Å²) in [4.78, 5) is 8.31. The normalized spacial score (nSPS) is 3.57. The van der Waals surface area contributed by atoms with E-state index in [1.54, 1.807) is 0 Å². The Labute approximate surface area is 59.9 Å². The Morgan fingerprint density at radius 3 is 1.29 bits per heavy atom. The summed E-state index contributed by atoms with van der Waals surface area (Å²) in [5, 5.41) is 8.81. The van der Waals surface area contributed by atoms with Crippen molar-refractivity contribution in [2.24, 2.45) is 0 Å². The van der Waals surface area contributed by atoms with Crippen molar-refractivity contribution in [1.82, 2.24) is 0 Å². The Bertz CT molecular complexity index is 35.9. The summed E-state index contributed by atoms with van der Waals surface area (Å²) in [5.41, 5.74) is 0. The second-order valence-electron chi connectivity index (χ2n) is 0.440. The van der Waals surface area contributed by atoms with Gasteiger partial charge in [-0.2, -0.15) is 0 Å². The molecular weight excluding hydrogens is 164 g/mol. The van der Waals surface area contributed by atoms with Gasteiger partial charge in [0, 0.05) is 4.92 Å². The van der Waals surface area contributed by atoms with Crippen molar-refractivity contribution in [1.29, 1.82) is 0 Å². The van der Waals surface area contributed by atoms with Crippen molar-refractivity contribution < 1.29 is 4.92 Å². The van der Waals surface area contributed by atoms with E-state index in [-0.39, 0.29) is 37.2 Å². The summed E-state index contributed by atoms with van der Waals surface area (Å²) in [6.45, 7) is 0. The second kappa shape index (κ2) is 16.3. The van der Waals surface area contributed by atoms with Crippen molar-refractivity contribution >= 4 is 37.2 Å². The number of halogens is 3. The van der Waals surface area contributed by atoms with E-state index < -0.39 is 4.92 Å². The van der Waals surface area contributed by atoms with Crippen LogP contribution in [0.5, 0.6) is 0 Å². The lowest BCUT2D eigenvalue weighted by molar-refractivity contribution is -0.445. The summed E-state index contributed by atoms with van der Waals surface area (Å²) >= 11 is 0. The highest BCUT2D eigenvalue weighted by molar-refractivity contribution is 5.86. The van der Waals surface area contributed by atoms with E-state index in [0.717, 1.165) is 7.05 Å². The van der Waals surface area contributed by atoms with Gasteiger partial charge in [0.05, 0.1) is 0 Å². The minimum Gasteiger partial charge on any atom is -0.265 e. The average molecular weight is 170 g/mol. The average Bonchev–Trinajstić information content (AvgIpc) is 0.811. The molecule has 0 heterocycles. The summed E-state index contributed by atoms with van der Waals surface area (Å²) < 4.78 is 0. The molecular formula is CH6Cl3NO2. The van der Waals surface area contributed by atoms with Gasteiger partial charge in [0.15, 0.2) is 7.05 Å². The fourth-order valence-electron chi connectivity index (χ4n) is 0. The lowest BCUT2D eigenvalue weighted by Crippen LogP contribution is -1.79. The summed E-state index contributed by atoms with van der Waals surface area (Å²) in [7, 11) is 0.889. The molecule has 0 aromatic carbocycles. The van der Waals surface area contributed by atoms with Crippen LogP contribution >= 0.6 is 37.2 Å². The third-order valence-corrected chi connectivity index (χ3v) is 0. The first-order chi connectivity index (χ1) is 1.73. The van der Waals surface area contributed by atoms with Crippen LogP contribution in [0.2, 0.25) is 0 Å². The van der Waals surface area contributed by atoms with Crippen LogP contribution in [0.25, 0.3) is 0 Å². The fourth-order valence-corrected chi connectivity index (χ4v) is 0. The van der Waals surface area contributed by atoms with Gasteiger partial charge < -0.3 is 0 Å². The van der Waals surface area contributed by atoms with Gasteiger partial charge in [-0.25, -0.2) is 0 Å². The largest absolute Gasteiger partial charge is 0.265 e. The molecule has 0 unspecified atom stereocenters. The molecule has 7 heavy (non-hydrogen) atoms. The molecule has 0 N–H and O–H groups in total. The highest BCUT2D eigenvalue weighted by Gasteiger charge is 1.57. The molecule has 0 fully saturated rings. The molecule has 0 bridgehead atoms. The van der Waals surface area contributed by atoms with Crippen molar-refractivity contribution in [3.63, 3.8) is 0 Å². The highest BCUT2D eigenvalue weighted by Crippen LogP contribution is 1.39. The maximum atomic E-state index is 8.81. The smallest absolute Gasteiger partial charge is 0.194 e. The number of nitrogens with zero attached hydrogens (tertiary/aromatic N) is 1. The van der Waals surface area contributed by atoms with Crippen LogP contribution in [-0.4, -0.2) is 12.0 Å². The van der Waals surface area contributed by atoms with Crippen LogP contribution in [0.1, 0.15) is 0 Å². The first kappa shape index (κ1) is 26.7. The van der Waals surface area contributed by atoms with Crippen LogP contribution in [0, 0.1) is 10.1 Å². The van der Waals surface area contributed by atoms with Crippen molar-refractivity contribution in [3.8, 4) is 0 Å². The zero-order valence-electron chi connectivity index (χ0n) is 3.49. The predicted molar refractivity (Wildman–Crippen MR) is 34.7 cm³/mol. The Balaban J connectivity index is -0.0000000150. The molecule has 0 saturated heterocycles. The number of hydrogen-bond donors (Lipinski definition) is 0.